The molecule has 0 unspecified atom stereocenters. The fourth-order valence-corrected chi connectivity index (χ4v) is 2.87. The average molecular weight is 302 g/mol. The van der Waals surface area contributed by atoms with E-state index in [0.29, 0.717) is 13.1 Å². The van der Waals surface area contributed by atoms with Gasteiger partial charge >= 0.3 is 0 Å². The van der Waals surface area contributed by atoms with Crippen LogP contribution in [-0.4, -0.2) is 41.2 Å². The lowest BCUT2D eigenvalue weighted by Gasteiger charge is -2.31. The molecule has 22 heavy (non-hydrogen) atoms. The predicted molar refractivity (Wildman–Crippen MR) is 87.3 cm³/mol. The Morgan fingerprint density at radius 3 is 2.59 bits per heavy atom. The zero-order valence-corrected chi connectivity index (χ0v) is 13.7. The van der Waals surface area contributed by atoms with E-state index in [-0.39, 0.29) is 18.4 Å². The van der Waals surface area contributed by atoms with Crippen molar-refractivity contribution >= 4 is 11.8 Å². The van der Waals surface area contributed by atoms with E-state index in [1.54, 1.807) is 11.8 Å². The van der Waals surface area contributed by atoms with Crippen LogP contribution in [0.4, 0.5) is 0 Å². The van der Waals surface area contributed by atoms with Gasteiger partial charge in [-0.15, -0.1) is 0 Å². The molecule has 0 aliphatic carbocycles. The monoisotopic (exact) mass is 302 g/mol. The molecular formula is C18H26N2O2. The van der Waals surface area contributed by atoms with E-state index in [4.69, 9.17) is 0 Å². The molecule has 1 aromatic carbocycles. The number of unbranched alkanes of at least 4 members (excludes halogenated alkanes) is 2. The molecule has 0 radical (unpaired) electrons. The molecule has 0 spiro atoms. The van der Waals surface area contributed by atoms with Crippen molar-refractivity contribution in [3.63, 3.8) is 0 Å². The molecule has 2 rings (SSSR count). The Balaban J connectivity index is 1.92. The van der Waals surface area contributed by atoms with Crippen LogP contribution in [0, 0.1) is 0 Å². The molecule has 1 aliphatic rings. The van der Waals surface area contributed by atoms with Gasteiger partial charge in [0, 0.05) is 26.6 Å². The Bertz CT molecular complexity index is 528. The quantitative estimate of drug-likeness (QED) is 0.758. The van der Waals surface area contributed by atoms with E-state index >= 15 is 0 Å². The van der Waals surface area contributed by atoms with Crippen LogP contribution in [-0.2, 0) is 22.6 Å². The lowest BCUT2D eigenvalue weighted by atomic mass is 10.00. The van der Waals surface area contributed by atoms with Crippen LogP contribution in [0.2, 0.25) is 0 Å². The van der Waals surface area contributed by atoms with E-state index in [1.807, 2.05) is 17.0 Å². The summed E-state index contributed by atoms with van der Waals surface area (Å²) in [6.45, 7) is 5.98. The summed E-state index contributed by atoms with van der Waals surface area (Å²) >= 11 is 0. The molecular weight excluding hydrogens is 276 g/mol. The lowest BCUT2D eigenvalue weighted by molar-refractivity contribution is -0.140. The Kier molecular flexibility index (Phi) is 5.99. The van der Waals surface area contributed by atoms with Crippen molar-refractivity contribution in [1.82, 2.24) is 9.80 Å². The first kappa shape index (κ1) is 16.5. The Morgan fingerprint density at radius 2 is 1.91 bits per heavy atom. The molecule has 0 fully saturated rings. The van der Waals surface area contributed by atoms with Crippen molar-refractivity contribution in [2.45, 2.75) is 46.1 Å². The zero-order valence-electron chi connectivity index (χ0n) is 13.7. The summed E-state index contributed by atoms with van der Waals surface area (Å²) in [6, 6.07) is 8.27. The molecule has 1 aromatic rings. The third-order valence-electron chi connectivity index (χ3n) is 4.29. The standard InChI is InChI=1S/C18H26N2O2/c1-3-4-7-11-19(15(2)21)14-18(22)20-12-10-16-8-5-6-9-17(16)13-20/h5-6,8-9H,3-4,7,10-14H2,1-2H3. The smallest absolute Gasteiger partial charge is 0.242 e. The number of hydrogen-bond donors (Lipinski definition) is 0. The minimum atomic E-state index is -0.0122. The summed E-state index contributed by atoms with van der Waals surface area (Å²) < 4.78 is 0. The third kappa shape index (κ3) is 4.33. The van der Waals surface area contributed by atoms with Gasteiger partial charge in [-0.2, -0.15) is 0 Å². The van der Waals surface area contributed by atoms with Crippen molar-refractivity contribution in [2.75, 3.05) is 19.6 Å². The van der Waals surface area contributed by atoms with Crippen molar-refractivity contribution in [2.24, 2.45) is 0 Å². The molecule has 4 heteroatoms. The SMILES string of the molecule is CCCCCN(CC(=O)N1CCc2ccccc2C1)C(C)=O. The number of amides is 2. The first-order valence-electron chi connectivity index (χ1n) is 8.22. The lowest BCUT2D eigenvalue weighted by Crippen LogP contribution is -2.44. The molecule has 0 aromatic heterocycles. The number of nitrogens with zero attached hydrogens (tertiary/aromatic N) is 2. The van der Waals surface area contributed by atoms with E-state index in [2.05, 4.69) is 19.1 Å². The summed E-state index contributed by atoms with van der Waals surface area (Å²) in [5, 5.41) is 0. The van der Waals surface area contributed by atoms with Crippen LogP contribution in [0.1, 0.15) is 44.2 Å². The van der Waals surface area contributed by atoms with Crippen molar-refractivity contribution in [1.29, 1.82) is 0 Å². The molecule has 1 heterocycles. The van der Waals surface area contributed by atoms with Gasteiger partial charge in [-0.1, -0.05) is 44.0 Å². The number of benzene rings is 1. The van der Waals surface area contributed by atoms with Gasteiger partial charge in [0.15, 0.2) is 0 Å². The topological polar surface area (TPSA) is 40.6 Å². The van der Waals surface area contributed by atoms with Crippen LogP contribution >= 0.6 is 0 Å². The van der Waals surface area contributed by atoms with Gasteiger partial charge in [0.05, 0.1) is 6.54 Å². The Morgan fingerprint density at radius 1 is 1.18 bits per heavy atom. The van der Waals surface area contributed by atoms with Crippen molar-refractivity contribution in [3.8, 4) is 0 Å². The second kappa shape index (κ2) is 7.97. The van der Waals surface area contributed by atoms with Gasteiger partial charge in [0.1, 0.15) is 0 Å². The third-order valence-corrected chi connectivity index (χ3v) is 4.29. The molecule has 120 valence electrons. The molecule has 0 N–H and O–H groups in total. The highest BCUT2D eigenvalue weighted by Crippen LogP contribution is 2.18. The molecule has 0 atom stereocenters. The van der Waals surface area contributed by atoms with Crippen LogP contribution in [0.5, 0.6) is 0 Å². The highest BCUT2D eigenvalue weighted by Gasteiger charge is 2.22. The first-order valence-corrected chi connectivity index (χ1v) is 8.22. The molecule has 0 saturated heterocycles. The number of carbonyl (C=O) groups excluding carboxylic acids is 2. The number of fused-ring (bicyclic) bond motifs is 1. The maximum Gasteiger partial charge on any atom is 0.242 e. The second-order valence-electron chi connectivity index (χ2n) is 5.98. The van der Waals surface area contributed by atoms with Crippen LogP contribution in [0.25, 0.3) is 0 Å². The van der Waals surface area contributed by atoms with Gasteiger partial charge in [-0.25, -0.2) is 0 Å². The van der Waals surface area contributed by atoms with Crippen LogP contribution in [0.15, 0.2) is 24.3 Å². The molecule has 0 bridgehead atoms. The molecule has 1 aliphatic heterocycles. The van der Waals surface area contributed by atoms with Gasteiger partial charge in [-0.3, -0.25) is 9.59 Å². The van der Waals surface area contributed by atoms with Gasteiger partial charge in [0.25, 0.3) is 0 Å². The zero-order chi connectivity index (χ0) is 15.9. The first-order chi connectivity index (χ1) is 10.6. The molecule has 4 nitrogen and oxygen atoms in total. The summed E-state index contributed by atoms with van der Waals surface area (Å²) in [6.07, 6.45) is 4.07. The normalized spacial score (nSPS) is 13.6. The van der Waals surface area contributed by atoms with E-state index in [9.17, 15) is 9.59 Å². The highest BCUT2D eigenvalue weighted by atomic mass is 16.2. The Labute approximate surface area is 133 Å². The molecule has 0 saturated carbocycles. The summed E-state index contributed by atoms with van der Waals surface area (Å²) in [5.74, 6) is 0.0445. The minimum absolute atomic E-state index is 0.0122. The number of hydrogen-bond acceptors (Lipinski definition) is 2. The molecule has 2 amide bonds. The average Bonchev–Trinajstić information content (AvgIpc) is 2.53. The Hall–Kier alpha value is -1.84. The summed E-state index contributed by atoms with van der Waals surface area (Å²) in [5.41, 5.74) is 2.56. The predicted octanol–water partition coefficient (Wildman–Crippen LogP) is 2.61. The van der Waals surface area contributed by atoms with E-state index < -0.39 is 0 Å². The van der Waals surface area contributed by atoms with Gasteiger partial charge in [-0.05, 0) is 24.0 Å². The van der Waals surface area contributed by atoms with Crippen LogP contribution in [0.3, 0.4) is 0 Å². The highest BCUT2D eigenvalue weighted by molar-refractivity contribution is 5.84. The maximum atomic E-state index is 12.5. The fourth-order valence-electron chi connectivity index (χ4n) is 2.87. The number of carbonyl (C=O) groups is 2. The maximum absolute atomic E-state index is 12.5. The van der Waals surface area contributed by atoms with E-state index in [0.717, 1.165) is 32.2 Å². The van der Waals surface area contributed by atoms with Crippen molar-refractivity contribution < 1.29 is 9.59 Å². The van der Waals surface area contributed by atoms with E-state index in [1.165, 1.54) is 11.1 Å². The largest absolute Gasteiger partial charge is 0.336 e. The number of rotatable bonds is 6. The van der Waals surface area contributed by atoms with Crippen LogP contribution < -0.4 is 0 Å². The summed E-state index contributed by atoms with van der Waals surface area (Å²) in [7, 11) is 0. The van der Waals surface area contributed by atoms with Crippen molar-refractivity contribution in [3.05, 3.63) is 35.4 Å². The van der Waals surface area contributed by atoms with Gasteiger partial charge < -0.3 is 9.80 Å². The van der Waals surface area contributed by atoms with Gasteiger partial charge in [0.2, 0.25) is 11.8 Å². The minimum Gasteiger partial charge on any atom is -0.336 e. The summed E-state index contributed by atoms with van der Waals surface area (Å²) in [4.78, 5) is 27.7. The second-order valence-corrected chi connectivity index (χ2v) is 5.98. The fraction of sp³-hybridized carbons (Fsp3) is 0.556.